The quantitative estimate of drug-likeness (QED) is 0.512. The lowest BCUT2D eigenvalue weighted by atomic mass is 9.88. The molecule has 4 heteroatoms. The predicted octanol–water partition coefficient (Wildman–Crippen LogP) is 6.60. The number of benzene rings is 2. The molecular weight excluding hydrogens is 400 g/mol. The third-order valence-corrected chi connectivity index (χ3v) is 6.20. The van der Waals surface area contributed by atoms with Gasteiger partial charge >= 0.3 is 0 Å². The van der Waals surface area contributed by atoms with Crippen molar-refractivity contribution in [1.82, 2.24) is 10.6 Å². The van der Waals surface area contributed by atoms with E-state index in [2.05, 4.69) is 86.0 Å². The number of allylic oxidation sites excluding steroid dienone is 2. The van der Waals surface area contributed by atoms with E-state index in [1.165, 1.54) is 22.3 Å². The molecule has 2 aromatic rings. The molecule has 0 fully saturated rings. The highest BCUT2D eigenvalue weighted by molar-refractivity contribution is 8.04. The van der Waals surface area contributed by atoms with Gasteiger partial charge in [0.2, 0.25) is 5.91 Å². The Labute approximate surface area is 193 Å². The van der Waals surface area contributed by atoms with Crippen LogP contribution in [-0.4, -0.2) is 24.2 Å². The van der Waals surface area contributed by atoms with E-state index in [1.807, 2.05) is 26.0 Å². The van der Waals surface area contributed by atoms with E-state index in [-0.39, 0.29) is 18.6 Å². The first-order chi connectivity index (χ1) is 15.0. The Bertz CT molecular complexity index is 894. The minimum atomic E-state index is -0.110. The summed E-state index contributed by atoms with van der Waals surface area (Å²) in [6.07, 6.45) is 3.05. The third kappa shape index (κ3) is 6.76. The molecule has 2 N–H and O–H groups in total. The molecular formula is C27H38N2OS. The molecule has 1 aliphatic heterocycles. The van der Waals surface area contributed by atoms with Gasteiger partial charge in [-0.3, -0.25) is 4.79 Å². The van der Waals surface area contributed by atoms with Crippen LogP contribution in [0, 0.1) is 5.92 Å². The molecule has 3 nitrogen and oxygen atoms in total. The second kappa shape index (κ2) is 12.4. The Hall–Kier alpha value is -2.46. The van der Waals surface area contributed by atoms with Crippen molar-refractivity contribution in [3.63, 3.8) is 0 Å². The monoisotopic (exact) mass is 438 g/mol. The molecule has 1 heterocycles. The van der Waals surface area contributed by atoms with Gasteiger partial charge in [0.25, 0.3) is 0 Å². The number of thioether (sulfide) groups is 1. The topological polar surface area (TPSA) is 41.1 Å². The smallest absolute Gasteiger partial charge is 0.233 e. The zero-order valence-electron chi connectivity index (χ0n) is 19.6. The number of carbonyl (C=O) groups excluding carboxylic acids is 1. The molecule has 2 unspecified atom stereocenters. The van der Waals surface area contributed by atoms with Crippen LogP contribution in [0.4, 0.5) is 0 Å². The van der Waals surface area contributed by atoms with Gasteiger partial charge in [0.05, 0.1) is 16.3 Å². The molecule has 2 aromatic carbocycles. The summed E-state index contributed by atoms with van der Waals surface area (Å²) >= 11 is 1.63. The fourth-order valence-corrected chi connectivity index (χ4v) is 5.11. The van der Waals surface area contributed by atoms with E-state index in [1.54, 1.807) is 18.8 Å². The first kappa shape index (κ1) is 24.8. The maximum atomic E-state index is 12.4. The summed E-state index contributed by atoms with van der Waals surface area (Å²) < 4.78 is 0. The first-order valence-electron chi connectivity index (χ1n) is 11.2. The van der Waals surface area contributed by atoms with Gasteiger partial charge in [0.15, 0.2) is 0 Å². The Kier molecular flexibility index (Phi) is 9.93. The van der Waals surface area contributed by atoms with Crippen molar-refractivity contribution in [1.29, 1.82) is 0 Å². The third-order valence-electron chi connectivity index (χ3n) is 5.02. The van der Waals surface area contributed by atoms with Crippen molar-refractivity contribution in [2.45, 2.75) is 52.3 Å². The van der Waals surface area contributed by atoms with E-state index < -0.39 is 0 Å². The lowest BCUT2D eigenvalue weighted by molar-refractivity contribution is -0.120. The fraction of sp³-hybridized carbons (Fsp3) is 0.370. The number of rotatable bonds is 7. The van der Waals surface area contributed by atoms with Crippen LogP contribution in [0.1, 0.15) is 53.6 Å². The number of hydrogen-bond acceptors (Lipinski definition) is 3. The van der Waals surface area contributed by atoms with Gasteiger partial charge in [-0.25, -0.2) is 0 Å². The van der Waals surface area contributed by atoms with Crippen LogP contribution in [0.15, 0.2) is 71.8 Å². The fourth-order valence-electron chi connectivity index (χ4n) is 3.67. The number of dihydropyridines is 1. The van der Waals surface area contributed by atoms with Gasteiger partial charge in [-0.15, -0.1) is 0 Å². The molecule has 1 aliphatic rings. The molecule has 0 saturated heterocycles. The lowest BCUT2D eigenvalue weighted by Crippen LogP contribution is -2.34. The molecule has 0 bridgehead atoms. The van der Waals surface area contributed by atoms with E-state index >= 15 is 0 Å². The summed E-state index contributed by atoms with van der Waals surface area (Å²) in [4.78, 5) is 12.4. The van der Waals surface area contributed by atoms with Crippen molar-refractivity contribution >= 4 is 28.8 Å². The minimum absolute atomic E-state index is 0. The molecule has 0 radical (unpaired) electrons. The molecule has 2 atom stereocenters. The van der Waals surface area contributed by atoms with Crippen LogP contribution < -0.4 is 10.6 Å². The van der Waals surface area contributed by atoms with Crippen molar-refractivity contribution < 1.29 is 6.22 Å². The van der Waals surface area contributed by atoms with Crippen molar-refractivity contribution in [2.24, 2.45) is 5.92 Å². The summed E-state index contributed by atoms with van der Waals surface area (Å²) in [7, 11) is 1.71. The average molecular weight is 439 g/mol. The number of hydrogen-bond donors (Lipinski definition) is 2. The van der Waals surface area contributed by atoms with Crippen molar-refractivity contribution in [3.05, 3.63) is 82.9 Å². The van der Waals surface area contributed by atoms with E-state index in [0.717, 1.165) is 11.4 Å². The Morgan fingerprint density at radius 3 is 2.10 bits per heavy atom. The van der Waals surface area contributed by atoms with E-state index in [9.17, 15) is 4.79 Å². The first-order valence-corrected chi connectivity index (χ1v) is 12.1. The largest absolute Gasteiger partial charge is 0.373 e. The molecule has 0 aromatic heterocycles. The Morgan fingerprint density at radius 1 is 1.03 bits per heavy atom. The van der Waals surface area contributed by atoms with Gasteiger partial charge < -0.3 is 10.6 Å². The van der Waals surface area contributed by atoms with Crippen LogP contribution in [-0.2, 0) is 4.79 Å². The van der Waals surface area contributed by atoms with Gasteiger partial charge in [-0.05, 0) is 47.6 Å². The summed E-state index contributed by atoms with van der Waals surface area (Å²) in [5.41, 5.74) is 4.90. The lowest BCUT2D eigenvalue weighted by Gasteiger charge is -2.30. The van der Waals surface area contributed by atoms with Gasteiger partial charge in [-0.1, -0.05) is 100 Å². The maximum absolute atomic E-state index is 12.4. The molecule has 1 amide bonds. The van der Waals surface area contributed by atoms with Crippen LogP contribution >= 0.6 is 11.8 Å². The van der Waals surface area contributed by atoms with Gasteiger partial charge in [0, 0.05) is 8.47 Å². The molecule has 0 saturated carbocycles. The van der Waals surface area contributed by atoms with Crippen LogP contribution in [0.2, 0.25) is 0 Å². The normalized spacial score (nSPS) is 16.6. The van der Waals surface area contributed by atoms with Gasteiger partial charge in [0.1, 0.15) is 0 Å². The molecule has 3 rings (SSSR count). The van der Waals surface area contributed by atoms with Crippen molar-refractivity contribution in [2.75, 3.05) is 7.05 Å². The van der Waals surface area contributed by atoms with Crippen LogP contribution in [0.5, 0.6) is 0 Å². The maximum Gasteiger partial charge on any atom is 0.233 e. The number of carbonyl (C=O) groups is 1. The standard InChI is InChI=1S/C25H30N2OS.C2H6.H2/c1-17(2)15-22(25(28)26-4)29-23-16-21(19-11-7-5-8-12-19)24(18(3)27-23)20-13-9-6-10-14-20;1-2;/h5-14,16-18,22,27H,15H2,1-4H3,(H,26,28);1-2H3;1H. The van der Waals surface area contributed by atoms with Crippen molar-refractivity contribution in [3.8, 4) is 0 Å². The summed E-state index contributed by atoms with van der Waals surface area (Å²) in [6.45, 7) is 10.5. The Morgan fingerprint density at radius 2 is 1.58 bits per heavy atom. The zero-order valence-corrected chi connectivity index (χ0v) is 20.4. The second-order valence-corrected chi connectivity index (χ2v) is 9.03. The summed E-state index contributed by atoms with van der Waals surface area (Å²) in [6, 6.07) is 21.2. The number of amides is 1. The van der Waals surface area contributed by atoms with Crippen LogP contribution in [0.25, 0.3) is 11.1 Å². The Balaban J connectivity index is 0.00000166. The number of nitrogens with one attached hydrogen (secondary N) is 2. The SMILES string of the molecule is CC.CNC(=O)C(CC(C)C)SC1=CC(c2ccccc2)=C(c2ccccc2)C(C)N1.[HH]. The molecule has 0 spiro atoms. The molecule has 168 valence electrons. The predicted molar refractivity (Wildman–Crippen MR) is 139 cm³/mol. The minimum Gasteiger partial charge on any atom is -0.373 e. The van der Waals surface area contributed by atoms with Gasteiger partial charge in [-0.2, -0.15) is 0 Å². The zero-order chi connectivity index (χ0) is 22.8. The summed E-state index contributed by atoms with van der Waals surface area (Å²) in [5, 5.41) is 7.39. The highest BCUT2D eigenvalue weighted by Crippen LogP contribution is 2.38. The summed E-state index contributed by atoms with van der Waals surface area (Å²) in [5.74, 6) is 0.536. The van der Waals surface area contributed by atoms with E-state index in [0.29, 0.717) is 5.92 Å². The van der Waals surface area contributed by atoms with Crippen LogP contribution in [0.3, 0.4) is 0 Å². The highest BCUT2D eigenvalue weighted by atomic mass is 32.2. The van der Waals surface area contributed by atoms with E-state index in [4.69, 9.17) is 0 Å². The second-order valence-electron chi connectivity index (χ2n) is 7.78. The molecule has 0 aliphatic carbocycles. The highest BCUT2D eigenvalue weighted by Gasteiger charge is 2.26. The molecule has 31 heavy (non-hydrogen) atoms. The average Bonchev–Trinajstić information content (AvgIpc) is 2.80.